The number of benzene rings is 1. The molecule has 0 radical (unpaired) electrons. The maximum absolute atomic E-state index is 6.20. The summed E-state index contributed by atoms with van der Waals surface area (Å²) in [4.78, 5) is 1.10. The SMILES string of the molecule is NC(c1cnns1)C1CC1c1ccccc1. The maximum Gasteiger partial charge on any atom is 0.0669 e. The molecule has 0 amide bonds. The topological polar surface area (TPSA) is 51.8 Å². The van der Waals surface area contributed by atoms with E-state index in [-0.39, 0.29) is 6.04 Å². The monoisotopic (exact) mass is 231 g/mol. The molecule has 3 unspecified atom stereocenters. The van der Waals surface area contributed by atoms with Crippen LogP contribution < -0.4 is 5.73 Å². The molecule has 1 aromatic heterocycles. The number of aromatic nitrogens is 2. The van der Waals surface area contributed by atoms with E-state index in [1.807, 2.05) is 6.07 Å². The van der Waals surface area contributed by atoms with Gasteiger partial charge in [0.2, 0.25) is 0 Å². The smallest absolute Gasteiger partial charge is 0.0669 e. The van der Waals surface area contributed by atoms with Gasteiger partial charge in [-0.3, -0.25) is 0 Å². The fourth-order valence-electron chi connectivity index (χ4n) is 2.23. The Kier molecular flexibility index (Phi) is 2.46. The number of nitrogens with two attached hydrogens (primary N) is 1. The second-order valence-electron chi connectivity index (χ2n) is 4.26. The lowest BCUT2D eigenvalue weighted by atomic mass is 10.1. The van der Waals surface area contributed by atoms with Crippen LogP contribution in [0, 0.1) is 5.92 Å². The van der Waals surface area contributed by atoms with Crippen LogP contribution in [0.15, 0.2) is 36.5 Å². The zero-order chi connectivity index (χ0) is 11.0. The molecule has 3 nitrogen and oxygen atoms in total. The molecule has 1 aromatic carbocycles. The normalized spacial score (nSPS) is 25.3. The highest BCUT2D eigenvalue weighted by Crippen LogP contribution is 2.53. The highest BCUT2D eigenvalue weighted by Gasteiger charge is 2.43. The summed E-state index contributed by atoms with van der Waals surface area (Å²) in [6, 6.07) is 10.7. The summed E-state index contributed by atoms with van der Waals surface area (Å²) in [5.74, 6) is 1.18. The first-order valence-electron chi connectivity index (χ1n) is 5.44. The number of hydrogen-bond donors (Lipinski definition) is 1. The van der Waals surface area contributed by atoms with Crippen molar-refractivity contribution in [3.63, 3.8) is 0 Å². The summed E-state index contributed by atoms with van der Waals surface area (Å²) in [6.07, 6.45) is 2.97. The predicted molar refractivity (Wildman–Crippen MR) is 64.1 cm³/mol. The van der Waals surface area contributed by atoms with E-state index in [2.05, 4.69) is 33.9 Å². The molecule has 0 aliphatic heterocycles. The molecule has 0 saturated heterocycles. The first-order valence-corrected chi connectivity index (χ1v) is 6.21. The molecule has 2 aromatic rings. The van der Waals surface area contributed by atoms with Crippen molar-refractivity contribution < 1.29 is 0 Å². The molecule has 4 heteroatoms. The van der Waals surface area contributed by atoms with E-state index >= 15 is 0 Å². The summed E-state index contributed by atoms with van der Waals surface area (Å²) < 4.78 is 3.86. The highest BCUT2D eigenvalue weighted by molar-refractivity contribution is 7.05. The van der Waals surface area contributed by atoms with E-state index in [1.54, 1.807) is 6.20 Å². The second kappa shape index (κ2) is 3.96. The van der Waals surface area contributed by atoms with Gasteiger partial charge in [-0.05, 0) is 35.4 Å². The fourth-order valence-corrected chi connectivity index (χ4v) is 2.81. The van der Waals surface area contributed by atoms with Gasteiger partial charge in [-0.15, -0.1) is 5.10 Å². The van der Waals surface area contributed by atoms with E-state index in [0.29, 0.717) is 11.8 Å². The Balaban J connectivity index is 1.73. The molecular formula is C12H13N3S. The van der Waals surface area contributed by atoms with Crippen LogP contribution in [0.1, 0.15) is 28.8 Å². The third-order valence-electron chi connectivity index (χ3n) is 3.24. The van der Waals surface area contributed by atoms with Gasteiger partial charge in [0.15, 0.2) is 0 Å². The Morgan fingerprint density at radius 1 is 1.31 bits per heavy atom. The number of rotatable bonds is 3. The van der Waals surface area contributed by atoms with Gasteiger partial charge in [0.1, 0.15) is 0 Å². The Morgan fingerprint density at radius 3 is 2.81 bits per heavy atom. The van der Waals surface area contributed by atoms with Crippen molar-refractivity contribution in [1.82, 2.24) is 9.59 Å². The summed E-state index contributed by atoms with van der Waals surface area (Å²) in [6.45, 7) is 0. The molecule has 0 bridgehead atoms. The minimum absolute atomic E-state index is 0.102. The first-order chi connectivity index (χ1) is 7.86. The second-order valence-corrected chi connectivity index (χ2v) is 5.08. The van der Waals surface area contributed by atoms with Crippen LogP contribution in [0.5, 0.6) is 0 Å². The third kappa shape index (κ3) is 1.74. The number of nitrogens with zero attached hydrogens (tertiary/aromatic N) is 2. The van der Waals surface area contributed by atoms with Crippen LogP contribution in [0.2, 0.25) is 0 Å². The van der Waals surface area contributed by atoms with Crippen molar-refractivity contribution in [2.24, 2.45) is 11.7 Å². The number of hydrogen-bond acceptors (Lipinski definition) is 4. The van der Waals surface area contributed by atoms with Crippen LogP contribution in [-0.2, 0) is 0 Å². The van der Waals surface area contributed by atoms with E-state index in [0.717, 1.165) is 4.88 Å². The Morgan fingerprint density at radius 2 is 2.12 bits per heavy atom. The molecule has 3 atom stereocenters. The summed E-state index contributed by atoms with van der Waals surface area (Å²) in [5, 5.41) is 3.84. The highest BCUT2D eigenvalue weighted by atomic mass is 32.1. The molecule has 3 rings (SSSR count). The van der Waals surface area contributed by atoms with Crippen molar-refractivity contribution >= 4 is 11.5 Å². The van der Waals surface area contributed by atoms with Gasteiger partial charge >= 0.3 is 0 Å². The summed E-state index contributed by atoms with van der Waals surface area (Å²) >= 11 is 1.41. The van der Waals surface area contributed by atoms with Crippen molar-refractivity contribution in [1.29, 1.82) is 0 Å². The zero-order valence-corrected chi connectivity index (χ0v) is 9.60. The summed E-state index contributed by atoms with van der Waals surface area (Å²) in [7, 11) is 0. The molecular weight excluding hydrogens is 218 g/mol. The van der Waals surface area contributed by atoms with Crippen molar-refractivity contribution in [2.45, 2.75) is 18.4 Å². The molecule has 0 spiro atoms. The maximum atomic E-state index is 6.20. The standard InChI is InChI=1S/C12H13N3S/c13-12(11-7-14-15-16-11)10-6-9(10)8-4-2-1-3-5-8/h1-5,7,9-10,12H,6,13H2. The van der Waals surface area contributed by atoms with Gasteiger partial charge in [0.25, 0.3) is 0 Å². The average molecular weight is 231 g/mol. The predicted octanol–water partition coefficient (Wildman–Crippen LogP) is 2.34. The molecule has 16 heavy (non-hydrogen) atoms. The molecule has 1 aliphatic carbocycles. The lowest BCUT2D eigenvalue weighted by molar-refractivity contribution is 0.625. The quantitative estimate of drug-likeness (QED) is 0.882. The van der Waals surface area contributed by atoms with Gasteiger partial charge in [-0.25, -0.2) is 0 Å². The molecule has 2 N–H and O–H groups in total. The van der Waals surface area contributed by atoms with Gasteiger partial charge in [0, 0.05) is 6.04 Å². The zero-order valence-electron chi connectivity index (χ0n) is 8.78. The lowest BCUT2D eigenvalue weighted by Crippen LogP contribution is -2.11. The van der Waals surface area contributed by atoms with Gasteiger partial charge < -0.3 is 5.73 Å². The summed E-state index contributed by atoms with van der Waals surface area (Å²) in [5.41, 5.74) is 7.61. The lowest BCUT2D eigenvalue weighted by Gasteiger charge is -2.07. The molecule has 1 aliphatic rings. The van der Waals surface area contributed by atoms with Crippen LogP contribution in [-0.4, -0.2) is 9.59 Å². The Labute approximate surface area is 98.5 Å². The van der Waals surface area contributed by atoms with Gasteiger partial charge in [0.05, 0.1) is 11.1 Å². The first kappa shape index (κ1) is 9.93. The van der Waals surface area contributed by atoms with Crippen LogP contribution in [0.4, 0.5) is 0 Å². The fraction of sp³-hybridized carbons (Fsp3) is 0.333. The minimum atomic E-state index is 0.102. The van der Waals surface area contributed by atoms with Crippen LogP contribution in [0.3, 0.4) is 0 Å². The molecule has 1 saturated carbocycles. The molecule has 82 valence electrons. The van der Waals surface area contributed by atoms with E-state index in [4.69, 9.17) is 5.73 Å². The molecule has 1 heterocycles. The van der Waals surface area contributed by atoms with E-state index in [9.17, 15) is 0 Å². The largest absolute Gasteiger partial charge is 0.323 e. The minimum Gasteiger partial charge on any atom is -0.323 e. The van der Waals surface area contributed by atoms with Crippen LogP contribution >= 0.6 is 11.5 Å². The molecule has 1 fully saturated rings. The average Bonchev–Trinajstić information content (AvgIpc) is 2.95. The van der Waals surface area contributed by atoms with Gasteiger partial charge in [-0.1, -0.05) is 34.8 Å². The third-order valence-corrected chi connectivity index (χ3v) is 4.00. The van der Waals surface area contributed by atoms with Crippen molar-refractivity contribution in [3.05, 3.63) is 47.0 Å². The Hall–Kier alpha value is -1.26. The Bertz CT molecular complexity index is 454. The van der Waals surface area contributed by atoms with Crippen LogP contribution in [0.25, 0.3) is 0 Å². The van der Waals surface area contributed by atoms with Crippen molar-refractivity contribution in [2.75, 3.05) is 0 Å². The van der Waals surface area contributed by atoms with Gasteiger partial charge in [-0.2, -0.15) is 0 Å². The van der Waals surface area contributed by atoms with Crippen molar-refractivity contribution in [3.8, 4) is 0 Å². The van der Waals surface area contributed by atoms with E-state index < -0.39 is 0 Å². The van der Waals surface area contributed by atoms with E-state index in [1.165, 1.54) is 23.5 Å².